The Morgan fingerprint density at radius 2 is 2.00 bits per heavy atom. The van der Waals surface area contributed by atoms with Gasteiger partial charge in [0.1, 0.15) is 0 Å². The van der Waals surface area contributed by atoms with Crippen LogP contribution in [0.25, 0.3) is 0 Å². The van der Waals surface area contributed by atoms with E-state index in [2.05, 4.69) is 11.4 Å². The second-order valence-electron chi connectivity index (χ2n) is 4.83. The highest BCUT2D eigenvalue weighted by atomic mass is 16.2. The van der Waals surface area contributed by atoms with Gasteiger partial charge in [0.05, 0.1) is 17.2 Å². The van der Waals surface area contributed by atoms with Crippen molar-refractivity contribution in [2.24, 2.45) is 0 Å². The fourth-order valence-electron chi connectivity index (χ4n) is 2.14. The number of carbonyl (C=O) groups excluding carboxylic acids is 1. The lowest BCUT2D eigenvalue weighted by atomic mass is 10.1. The number of nitriles is 1. The smallest absolute Gasteiger partial charge is 0.260 e. The number of hydrogen-bond donors (Lipinski definition) is 1. The molecule has 0 atom stereocenters. The number of anilines is 2. The molecule has 0 aromatic heterocycles. The van der Waals surface area contributed by atoms with E-state index >= 15 is 0 Å². The van der Waals surface area contributed by atoms with Crippen molar-refractivity contribution in [2.45, 2.75) is 6.92 Å². The molecule has 2 aromatic rings. The standard InChI is InChI=1S/C17H17N3O/c1-12-7-8-16(19-2)15(9-12)17(21)20(3)14-6-4-5-13(10-14)11-18/h4-10,19H,1-3H3. The molecule has 0 aliphatic rings. The van der Waals surface area contributed by atoms with E-state index in [9.17, 15) is 4.79 Å². The molecule has 0 aliphatic heterocycles. The molecule has 1 N–H and O–H groups in total. The Morgan fingerprint density at radius 1 is 1.24 bits per heavy atom. The zero-order chi connectivity index (χ0) is 15.4. The van der Waals surface area contributed by atoms with Crippen molar-refractivity contribution in [1.29, 1.82) is 5.26 Å². The number of aryl methyl sites for hydroxylation is 1. The summed E-state index contributed by atoms with van der Waals surface area (Å²) in [5.74, 6) is -0.113. The first kappa shape index (κ1) is 14.6. The van der Waals surface area contributed by atoms with Crippen molar-refractivity contribution in [3.8, 4) is 6.07 Å². The number of nitrogens with zero attached hydrogens (tertiary/aromatic N) is 2. The van der Waals surface area contributed by atoms with E-state index in [-0.39, 0.29) is 5.91 Å². The van der Waals surface area contributed by atoms with E-state index in [1.165, 1.54) is 0 Å². The summed E-state index contributed by atoms with van der Waals surface area (Å²) in [4.78, 5) is 14.2. The van der Waals surface area contributed by atoms with Gasteiger partial charge in [0, 0.05) is 25.5 Å². The Balaban J connectivity index is 2.39. The average molecular weight is 279 g/mol. The zero-order valence-corrected chi connectivity index (χ0v) is 12.3. The minimum atomic E-state index is -0.113. The number of carbonyl (C=O) groups is 1. The van der Waals surface area contributed by atoms with Crippen LogP contribution in [0.15, 0.2) is 42.5 Å². The zero-order valence-electron chi connectivity index (χ0n) is 12.3. The van der Waals surface area contributed by atoms with Crippen molar-refractivity contribution < 1.29 is 4.79 Å². The third-order valence-electron chi connectivity index (χ3n) is 3.34. The van der Waals surface area contributed by atoms with E-state index in [1.54, 1.807) is 37.2 Å². The maximum atomic E-state index is 12.7. The first-order chi connectivity index (χ1) is 10.1. The van der Waals surface area contributed by atoms with Crippen LogP contribution in [0.1, 0.15) is 21.5 Å². The van der Waals surface area contributed by atoms with Crippen LogP contribution in [-0.4, -0.2) is 20.0 Å². The molecule has 0 fully saturated rings. The van der Waals surface area contributed by atoms with Crippen LogP contribution < -0.4 is 10.2 Å². The SMILES string of the molecule is CNc1ccc(C)cc1C(=O)N(C)c1cccc(C#N)c1. The van der Waals surface area contributed by atoms with Crippen LogP contribution >= 0.6 is 0 Å². The monoisotopic (exact) mass is 279 g/mol. The molecule has 0 saturated heterocycles. The van der Waals surface area contributed by atoms with E-state index in [0.717, 1.165) is 11.3 Å². The lowest BCUT2D eigenvalue weighted by Crippen LogP contribution is -2.27. The molecule has 2 rings (SSSR count). The normalized spacial score (nSPS) is 9.81. The van der Waals surface area contributed by atoms with Gasteiger partial charge in [-0.2, -0.15) is 5.26 Å². The van der Waals surface area contributed by atoms with E-state index in [4.69, 9.17) is 5.26 Å². The Bertz CT molecular complexity index is 716. The summed E-state index contributed by atoms with van der Waals surface area (Å²) in [6.07, 6.45) is 0. The lowest BCUT2D eigenvalue weighted by molar-refractivity contribution is 0.0993. The Hall–Kier alpha value is -2.80. The molecule has 4 nitrogen and oxygen atoms in total. The maximum Gasteiger partial charge on any atom is 0.260 e. The van der Waals surface area contributed by atoms with Crippen LogP contribution in [0.2, 0.25) is 0 Å². The maximum absolute atomic E-state index is 12.7. The number of hydrogen-bond acceptors (Lipinski definition) is 3. The molecule has 0 aliphatic carbocycles. The summed E-state index contributed by atoms with van der Waals surface area (Å²) >= 11 is 0. The van der Waals surface area contributed by atoms with Gasteiger partial charge in [-0.1, -0.05) is 17.7 Å². The minimum absolute atomic E-state index is 0.113. The molecule has 0 unspecified atom stereocenters. The molecule has 2 aromatic carbocycles. The Kier molecular flexibility index (Phi) is 4.24. The van der Waals surface area contributed by atoms with Gasteiger partial charge in [-0.25, -0.2) is 0 Å². The van der Waals surface area contributed by atoms with E-state index in [1.807, 2.05) is 31.2 Å². The van der Waals surface area contributed by atoms with Crippen molar-refractivity contribution in [3.63, 3.8) is 0 Å². The summed E-state index contributed by atoms with van der Waals surface area (Å²) < 4.78 is 0. The van der Waals surface area contributed by atoms with Crippen LogP contribution in [0, 0.1) is 18.3 Å². The molecule has 1 amide bonds. The van der Waals surface area contributed by atoms with E-state index in [0.29, 0.717) is 16.8 Å². The van der Waals surface area contributed by atoms with Crippen LogP contribution in [0.4, 0.5) is 11.4 Å². The topological polar surface area (TPSA) is 56.1 Å². The first-order valence-electron chi connectivity index (χ1n) is 6.63. The van der Waals surface area contributed by atoms with Crippen LogP contribution in [-0.2, 0) is 0 Å². The summed E-state index contributed by atoms with van der Waals surface area (Å²) in [6, 6.07) is 14.8. The number of benzene rings is 2. The minimum Gasteiger partial charge on any atom is -0.387 e. The number of amides is 1. The molecule has 106 valence electrons. The molecule has 0 bridgehead atoms. The molecular weight excluding hydrogens is 262 g/mol. The van der Waals surface area contributed by atoms with Gasteiger partial charge < -0.3 is 10.2 Å². The van der Waals surface area contributed by atoms with Crippen molar-refractivity contribution in [1.82, 2.24) is 0 Å². The molecule has 21 heavy (non-hydrogen) atoms. The molecule has 0 radical (unpaired) electrons. The summed E-state index contributed by atoms with van der Waals surface area (Å²) in [5.41, 5.74) is 3.65. The molecule has 4 heteroatoms. The summed E-state index contributed by atoms with van der Waals surface area (Å²) in [6.45, 7) is 1.95. The Labute approximate surface area is 124 Å². The van der Waals surface area contributed by atoms with Gasteiger partial charge in [0.2, 0.25) is 0 Å². The van der Waals surface area contributed by atoms with E-state index < -0.39 is 0 Å². The van der Waals surface area contributed by atoms with Gasteiger partial charge in [-0.3, -0.25) is 4.79 Å². The highest BCUT2D eigenvalue weighted by molar-refractivity contribution is 6.09. The van der Waals surface area contributed by atoms with Gasteiger partial charge in [0.25, 0.3) is 5.91 Å². The van der Waals surface area contributed by atoms with Gasteiger partial charge in [-0.05, 0) is 37.3 Å². The Morgan fingerprint density at radius 3 is 2.67 bits per heavy atom. The third kappa shape index (κ3) is 3.03. The average Bonchev–Trinajstić information content (AvgIpc) is 2.53. The molecule has 0 heterocycles. The second-order valence-corrected chi connectivity index (χ2v) is 4.83. The summed E-state index contributed by atoms with van der Waals surface area (Å²) in [5, 5.41) is 12.0. The molecule has 0 spiro atoms. The van der Waals surface area contributed by atoms with Crippen LogP contribution in [0.3, 0.4) is 0 Å². The largest absolute Gasteiger partial charge is 0.387 e. The fraction of sp³-hybridized carbons (Fsp3) is 0.176. The van der Waals surface area contributed by atoms with Crippen LogP contribution in [0.5, 0.6) is 0 Å². The predicted molar refractivity (Wildman–Crippen MR) is 84.6 cm³/mol. The second kappa shape index (κ2) is 6.10. The quantitative estimate of drug-likeness (QED) is 0.938. The third-order valence-corrected chi connectivity index (χ3v) is 3.34. The van der Waals surface area contributed by atoms with Gasteiger partial charge in [0.15, 0.2) is 0 Å². The highest BCUT2D eigenvalue weighted by Crippen LogP contribution is 2.22. The lowest BCUT2D eigenvalue weighted by Gasteiger charge is -2.19. The van der Waals surface area contributed by atoms with Crippen molar-refractivity contribution in [2.75, 3.05) is 24.3 Å². The van der Waals surface area contributed by atoms with Gasteiger partial charge in [-0.15, -0.1) is 0 Å². The fourth-order valence-corrected chi connectivity index (χ4v) is 2.14. The highest BCUT2D eigenvalue weighted by Gasteiger charge is 2.17. The van der Waals surface area contributed by atoms with Crippen molar-refractivity contribution >= 4 is 17.3 Å². The number of rotatable bonds is 3. The van der Waals surface area contributed by atoms with Crippen molar-refractivity contribution in [3.05, 3.63) is 59.2 Å². The number of nitrogens with one attached hydrogen (secondary N) is 1. The summed E-state index contributed by atoms with van der Waals surface area (Å²) in [7, 11) is 3.50. The van der Waals surface area contributed by atoms with Gasteiger partial charge >= 0.3 is 0 Å². The molecule has 0 saturated carbocycles. The first-order valence-corrected chi connectivity index (χ1v) is 6.63. The predicted octanol–water partition coefficient (Wildman–Crippen LogP) is 3.19. The molecular formula is C17H17N3O.